The van der Waals surface area contributed by atoms with Crippen LogP contribution in [0, 0.1) is 17.7 Å². The largest absolute Gasteiger partial charge is 0.481 e. The van der Waals surface area contributed by atoms with Crippen LogP contribution in [0.2, 0.25) is 0 Å². The fourth-order valence-corrected chi connectivity index (χ4v) is 6.38. The minimum Gasteiger partial charge on any atom is -0.481 e. The Balaban J connectivity index is 1.24. The first-order valence-electron chi connectivity index (χ1n) is 16.4. The van der Waals surface area contributed by atoms with E-state index in [0.717, 1.165) is 49.0 Å². The van der Waals surface area contributed by atoms with Gasteiger partial charge in [0, 0.05) is 12.2 Å². The van der Waals surface area contributed by atoms with E-state index in [2.05, 4.69) is 22.2 Å². The monoisotopic (exact) mass is 656 g/mol. The molecule has 3 aromatic carbocycles. The number of hydrogen-bond acceptors (Lipinski definition) is 6. The van der Waals surface area contributed by atoms with Crippen LogP contribution in [-0.4, -0.2) is 47.9 Å². The summed E-state index contributed by atoms with van der Waals surface area (Å²) in [6, 6.07) is 21.4. The summed E-state index contributed by atoms with van der Waals surface area (Å²) in [5, 5.41) is 33.2. The summed E-state index contributed by atoms with van der Waals surface area (Å²) in [7, 11) is 0. The van der Waals surface area contributed by atoms with Crippen molar-refractivity contribution >= 4 is 23.5 Å². The number of aliphatic carboxylic acids is 2. The van der Waals surface area contributed by atoms with Gasteiger partial charge in [-0.25, -0.2) is 9.37 Å². The van der Waals surface area contributed by atoms with Crippen LogP contribution in [-0.2, 0) is 33.8 Å². The fourth-order valence-electron chi connectivity index (χ4n) is 6.38. The van der Waals surface area contributed by atoms with E-state index in [1.165, 1.54) is 24.0 Å². The Morgan fingerprint density at radius 1 is 0.812 bits per heavy atom. The number of amides is 1. The number of β-lactam (4-membered cyclic amide) rings is 1. The standard InChI is InChI=1S/C37H41FN4O6/c38-29-16-14-27(15-17-29)33(43)21-20-31-34(28-12-8-26(9-13-28)6-4-7-32(36(45)46)37(47)48)42(35(31)44)30-18-10-25(11-19-30)5-2-1-3-22-41-24-39-23-40-41/h8-19,23-24,31-34,43H,1-7,20-22H2,(H,45,46)(H,47,48)/t31-,33+,34-/m1/s1. The number of carbonyl (C=O) groups excluding carboxylic acids is 1. The third-order valence-corrected chi connectivity index (χ3v) is 9.13. The second-order valence-electron chi connectivity index (χ2n) is 12.4. The second-order valence-corrected chi connectivity index (χ2v) is 12.4. The number of aliphatic hydroxyl groups excluding tert-OH is 1. The second kappa shape index (κ2) is 16.3. The van der Waals surface area contributed by atoms with Crippen LogP contribution >= 0.6 is 0 Å². The first-order chi connectivity index (χ1) is 23.2. The number of unbranched alkanes of at least 4 members (excludes halogenated alkanes) is 2. The van der Waals surface area contributed by atoms with E-state index in [9.17, 15) is 23.9 Å². The lowest BCUT2D eigenvalue weighted by Gasteiger charge is -2.48. The molecule has 1 amide bonds. The lowest BCUT2D eigenvalue weighted by Crippen LogP contribution is -2.55. The van der Waals surface area contributed by atoms with Gasteiger partial charge in [0.15, 0.2) is 5.92 Å². The number of aryl methyl sites for hydroxylation is 3. The maximum atomic E-state index is 13.6. The topological polar surface area (TPSA) is 146 Å². The number of aromatic nitrogens is 3. The van der Waals surface area contributed by atoms with Crippen LogP contribution in [0.25, 0.3) is 0 Å². The Morgan fingerprint density at radius 3 is 2.08 bits per heavy atom. The molecule has 1 aliphatic rings. The third kappa shape index (κ3) is 8.71. The molecule has 48 heavy (non-hydrogen) atoms. The molecule has 5 rings (SSSR count). The van der Waals surface area contributed by atoms with E-state index < -0.39 is 24.0 Å². The fraction of sp³-hybridized carbons (Fsp3) is 0.378. The summed E-state index contributed by atoms with van der Waals surface area (Å²) in [6.45, 7) is 0.844. The Hall–Kier alpha value is -4.90. The number of carbonyl (C=O) groups is 3. The predicted molar refractivity (Wildman–Crippen MR) is 176 cm³/mol. The SMILES string of the molecule is O=C(O)C(CCCc1ccc([C@@H]2[C@@H](CC[C@H](O)c3ccc(F)cc3)C(=O)N2c2ccc(CCCCCn3cncn3)cc2)cc1)C(=O)O. The van der Waals surface area contributed by atoms with Gasteiger partial charge >= 0.3 is 11.9 Å². The zero-order valence-electron chi connectivity index (χ0n) is 26.7. The van der Waals surface area contributed by atoms with Crippen molar-refractivity contribution in [3.63, 3.8) is 0 Å². The summed E-state index contributed by atoms with van der Waals surface area (Å²) >= 11 is 0. The minimum absolute atomic E-state index is 0.0235. The molecule has 0 spiro atoms. The number of carboxylic acid groups (broad SMARTS) is 2. The highest BCUT2D eigenvalue weighted by Crippen LogP contribution is 2.46. The highest BCUT2D eigenvalue weighted by atomic mass is 19.1. The highest BCUT2D eigenvalue weighted by Gasteiger charge is 2.48. The molecule has 1 saturated heterocycles. The minimum atomic E-state index is -1.43. The lowest BCUT2D eigenvalue weighted by molar-refractivity contribution is -0.154. The van der Waals surface area contributed by atoms with Crippen LogP contribution in [0.15, 0.2) is 85.5 Å². The van der Waals surface area contributed by atoms with Crippen molar-refractivity contribution in [2.45, 2.75) is 76.5 Å². The van der Waals surface area contributed by atoms with E-state index in [-0.39, 0.29) is 30.1 Å². The summed E-state index contributed by atoms with van der Waals surface area (Å²) in [4.78, 5) is 41.8. The van der Waals surface area contributed by atoms with Gasteiger partial charge in [-0.15, -0.1) is 0 Å². The van der Waals surface area contributed by atoms with Crippen molar-refractivity contribution in [3.05, 3.63) is 114 Å². The van der Waals surface area contributed by atoms with Crippen LogP contribution in [0.1, 0.15) is 79.3 Å². The quantitative estimate of drug-likeness (QED) is 0.0656. The molecular formula is C37H41FN4O6. The maximum Gasteiger partial charge on any atom is 0.317 e. The van der Waals surface area contributed by atoms with Crippen molar-refractivity contribution in [1.29, 1.82) is 0 Å². The van der Waals surface area contributed by atoms with Gasteiger partial charge in [0.1, 0.15) is 18.5 Å². The van der Waals surface area contributed by atoms with Gasteiger partial charge in [0.05, 0.1) is 18.1 Å². The maximum absolute atomic E-state index is 13.6. The molecule has 4 aromatic rings. The molecule has 0 saturated carbocycles. The Labute approximate surface area is 278 Å². The summed E-state index contributed by atoms with van der Waals surface area (Å²) < 4.78 is 15.2. The molecule has 252 valence electrons. The molecule has 1 aromatic heterocycles. The Kier molecular flexibility index (Phi) is 11.7. The average molecular weight is 657 g/mol. The normalized spacial score (nSPS) is 16.6. The molecule has 2 heterocycles. The van der Waals surface area contributed by atoms with Crippen molar-refractivity contribution in [1.82, 2.24) is 14.8 Å². The number of aliphatic hydroxyl groups is 1. The van der Waals surface area contributed by atoms with Crippen molar-refractivity contribution in [2.75, 3.05) is 4.90 Å². The summed E-state index contributed by atoms with van der Waals surface area (Å²) in [6.07, 6.45) is 8.25. The van der Waals surface area contributed by atoms with Gasteiger partial charge in [-0.2, -0.15) is 5.10 Å². The molecule has 0 radical (unpaired) electrons. The van der Waals surface area contributed by atoms with Crippen molar-refractivity contribution in [3.8, 4) is 0 Å². The first kappa shape index (κ1) is 34.4. The van der Waals surface area contributed by atoms with Crippen LogP contribution in [0.3, 0.4) is 0 Å². The first-order valence-corrected chi connectivity index (χ1v) is 16.4. The van der Waals surface area contributed by atoms with Crippen molar-refractivity contribution in [2.24, 2.45) is 11.8 Å². The molecule has 3 atom stereocenters. The molecule has 10 nitrogen and oxygen atoms in total. The number of anilines is 1. The van der Waals surface area contributed by atoms with E-state index in [4.69, 9.17) is 10.2 Å². The van der Waals surface area contributed by atoms with Gasteiger partial charge in [0.2, 0.25) is 5.91 Å². The van der Waals surface area contributed by atoms with Crippen molar-refractivity contribution < 1.29 is 34.1 Å². The summed E-state index contributed by atoms with van der Waals surface area (Å²) in [5.41, 5.74) is 4.47. The Morgan fingerprint density at radius 2 is 1.46 bits per heavy atom. The number of halogens is 1. The number of rotatable bonds is 18. The van der Waals surface area contributed by atoms with Gasteiger partial charge in [0.25, 0.3) is 0 Å². The molecule has 1 fully saturated rings. The van der Waals surface area contributed by atoms with E-state index in [1.807, 2.05) is 41.1 Å². The number of nitrogens with zero attached hydrogens (tertiary/aromatic N) is 4. The van der Waals surface area contributed by atoms with Crippen LogP contribution < -0.4 is 4.90 Å². The molecule has 0 aliphatic carbocycles. The number of hydrogen-bond donors (Lipinski definition) is 3. The molecular weight excluding hydrogens is 615 g/mol. The molecule has 1 aliphatic heterocycles. The average Bonchev–Trinajstić information content (AvgIpc) is 3.60. The number of carboxylic acids is 2. The lowest BCUT2D eigenvalue weighted by atomic mass is 9.78. The predicted octanol–water partition coefficient (Wildman–Crippen LogP) is 6.16. The van der Waals surface area contributed by atoms with Crippen LogP contribution in [0.4, 0.5) is 10.1 Å². The zero-order valence-corrected chi connectivity index (χ0v) is 26.7. The van der Waals surface area contributed by atoms with E-state index in [0.29, 0.717) is 31.2 Å². The Bertz CT molecular complexity index is 1630. The van der Waals surface area contributed by atoms with Gasteiger partial charge < -0.3 is 20.2 Å². The van der Waals surface area contributed by atoms with E-state index in [1.54, 1.807) is 23.4 Å². The molecule has 11 heteroatoms. The van der Waals surface area contributed by atoms with Gasteiger partial charge in [-0.1, -0.05) is 55.0 Å². The third-order valence-electron chi connectivity index (χ3n) is 9.13. The zero-order chi connectivity index (χ0) is 34.0. The molecule has 3 N–H and O–H groups in total. The number of benzene rings is 3. The molecule has 0 bridgehead atoms. The van der Waals surface area contributed by atoms with Crippen LogP contribution in [0.5, 0.6) is 0 Å². The van der Waals surface area contributed by atoms with Gasteiger partial charge in [-0.3, -0.25) is 19.1 Å². The smallest absolute Gasteiger partial charge is 0.317 e. The summed E-state index contributed by atoms with van der Waals surface area (Å²) in [5.74, 6) is -4.86. The highest BCUT2D eigenvalue weighted by molar-refractivity contribution is 6.03. The molecule has 0 unspecified atom stereocenters. The van der Waals surface area contributed by atoms with Gasteiger partial charge in [-0.05, 0) is 97.9 Å². The van der Waals surface area contributed by atoms with E-state index >= 15 is 0 Å².